The van der Waals surface area contributed by atoms with Crippen molar-refractivity contribution in [3.8, 4) is 0 Å². The van der Waals surface area contributed by atoms with Crippen LogP contribution in [0.4, 0.5) is 34.9 Å². The number of hydrogen-bond donors (Lipinski definition) is 3. The van der Waals surface area contributed by atoms with E-state index >= 15 is 0 Å². The van der Waals surface area contributed by atoms with Gasteiger partial charge in [-0.25, -0.2) is 22.5 Å². The first kappa shape index (κ1) is 13.2. The van der Waals surface area contributed by atoms with Crippen LogP contribution in [0.25, 0.3) is 11.0 Å². The molecule has 0 saturated carbocycles. The number of fused-ring (bicyclic) bond motifs is 1. The van der Waals surface area contributed by atoms with Gasteiger partial charge < -0.3 is 16.0 Å². The van der Waals surface area contributed by atoms with E-state index in [1.807, 2.05) is 0 Å². The van der Waals surface area contributed by atoms with Crippen molar-refractivity contribution in [1.82, 2.24) is 9.97 Å². The summed E-state index contributed by atoms with van der Waals surface area (Å²) in [5, 5.41) is 2.19. The smallest absolute Gasteiger partial charge is 0.205 e. The third-order valence-corrected chi connectivity index (χ3v) is 2.86. The molecule has 0 spiro atoms. The largest absolute Gasteiger partial charge is 0.399 e. The Balaban J connectivity index is 2.06. The van der Waals surface area contributed by atoms with Gasteiger partial charge in [-0.3, -0.25) is 0 Å². The number of H-pyrrole nitrogens is 1. The lowest BCUT2D eigenvalue weighted by molar-refractivity contribution is 0.459. The van der Waals surface area contributed by atoms with E-state index in [4.69, 9.17) is 5.73 Å². The number of nitrogens with zero attached hydrogens (tertiary/aromatic N) is 1. The number of benzene rings is 2. The molecule has 0 aliphatic heterocycles. The van der Waals surface area contributed by atoms with Crippen molar-refractivity contribution >= 4 is 28.4 Å². The van der Waals surface area contributed by atoms with E-state index in [0.717, 1.165) is 0 Å². The summed E-state index contributed by atoms with van der Waals surface area (Å²) >= 11 is 0. The Morgan fingerprint density at radius 2 is 1.67 bits per heavy atom. The second-order valence-corrected chi connectivity index (χ2v) is 4.33. The number of halogens is 4. The molecule has 0 atom stereocenters. The van der Waals surface area contributed by atoms with Gasteiger partial charge in [-0.2, -0.15) is 0 Å². The number of imidazole rings is 1. The summed E-state index contributed by atoms with van der Waals surface area (Å²) in [6, 6.07) is 4.88. The molecule has 0 saturated heterocycles. The zero-order valence-electron chi connectivity index (χ0n) is 10.3. The summed E-state index contributed by atoms with van der Waals surface area (Å²) in [6.07, 6.45) is 0. The van der Waals surface area contributed by atoms with Gasteiger partial charge in [0, 0.05) is 11.8 Å². The molecule has 0 aliphatic carbocycles. The van der Waals surface area contributed by atoms with Gasteiger partial charge in [0.1, 0.15) is 5.69 Å². The van der Waals surface area contributed by atoms with Crippen molar-refractivity contribution < 1.29 is 17.6 Å². The lowest BCUT2D eigenvalue weighted by atomic mass is 10.2. The number of hydrogen-bond acceptors (Lipinski definition) is 3. The summed E-state index contributed by atoms with van der Waals surface area (Å²) in [5.41, 5.74) is 6.08. The highest BCUT2D eigenvalue weighted by Gasteiger charge is 2.20. The van der Waals surface area contributed by atoms with Gasteiger partial charge in [0.2, 0.25) is 5.95 Å². The molecule has 0 fully saturated rings. The molecule has 4 N–H and O–H groups in total. The fourth-order valence-corrected chi connectivity index (χ4v) is 1.89. The predicted octanol–water partition coefficient (Wildman–Crippen LogP) is 3.45. The van der Waals surface area contributed by atoms with E-state index in [2.05, 4.69) is 15.3 Å². The average molecular weight is 296 g/mol. The zero-order valence-corrected chi connectivity index (χ0v) is 10.3. The van der Waals surface area contributed by atoms with Gasteiger partial charge in [-0.05, 0) is 18.2 Å². The molecule has 21 heavy (non-hydrogen) atoms. The molecule has 8 heteroatoms. The number of nitrogens with two attached hydrogens (primary N) is 1. The highest BCUT2D eigenvalue weighted by molar-refractivity contribution is 5.81. The molecule has 3 rings (SSSR count). The molecule has 2 aromatic carbocycles. The number of nitrogen functional groups attached to an aromatic ring is 1. The van der Waals surface area contributed by atoms with E-state index in [0.29, 0.717) is 16.7 Å². The third kappa shape index (κ3) is 2.24. The molecule has 3 aromatic rings. The van der Waals surface area contributed by atoms with E-state index in [-0.39, 0.29) is 12.0 Å². The van der Waals surface area contributed by atoms with Crippen molar-refractivity contribution in [2.24, 2.45) is 0 Å². The maximum absolute atomic E-state index is 13.5. The Labute approximate surface area is 115 Å². The van der Waals surface area contributed by atoms with Crippen LogP contribution in [0, 0.1) is 23.3 Å². The van der Waals surface area contributed by atoms with Gasteiger partial charge in [0.15, 0.2) is 23.3 Å². The minimum Gasteiger partial charge on any atom is -0.399 e. The van der Waals surface area contributed by atoms with Gasteiger partial charge >= 0.3 is 0 Å². The average Bonchev–Trinajstić information content (AvgIpc) is 2.83. The third-order valence-electron chi connectivity index (χ3n) is 2.86. The van der Waals surface area contributed by atoms with Crippen molar-refractivity contribution in [3.05, 3.63) is 47.5 Å². The Morgan fingerprint density at radius 3 is 2.33 bits per heavy atom. The van der Waals surface area contributed by atoms with Crippen LogP contribution < -0.4 is 11.1 Å². The Morgan fingerprint density at radius 1 is 1.00 bits per heavy atom. The topological polar surface area (TPSA) is 66.7 Å². The van der Waals surface area contributed by atoms with Gasteiger partial charge in [0.25, 0.3) is 0 Å². The highest BCUT2D eigenvalue weighted by Crippen LogP contribution is 2.27. The van der Waals surface area contributed by atoms with Crippen LogP contribution in [0.1, 0.15) is 0 Å². The fourth-order valence-electron chi connectivity index (χ4n) is 1.89. The van der Waals surface area contributed by atoms with E-state index < -0.39 is 29.0 Å². The monoisotopic (exact) mass is 296 g/mol. The number of anilines is 3. The predicted molar refractivity (Wildman–Crippen MR) is 70.1 cm³/mol. The number of nitrogens with one attached hydrogen (secondary N) is 2. The summed E-state index contributed by atoms with van der Waals surface area (Å²) in [7, 11) is 0. The summed E-state index contributed by atoms with van der Waals surface area (Å²) in [6.45, 7) is 0. The van der Waals surface area contributed by atoms with Gasteiger partial charge in [-0.15, -0.1) is 0 Å². The molecule has 4 nitrogen and oxygen atoms in total. The quantitative estimate of drug-likeness (QED) is 0.385. The van der Waals surface area contributed by atoms with Crippen molar-refractivity contribution in [2.75, 3.05) is 11.1 Å². The van der Waals surface area contributed by atoms with Crippen LogP contribution in [0.3, 0.4) is 0 Å². The maximum Gasteiger partial charge on any atom is 0.205 e. The molecule has 1 heterocycles. The second-order valence-electron chi connectivity index (χ2n) is 4.33. The van der Waals surface area contributed by atoms with Gasteiger partial charge in [0.05, 0.1) is 11.0 Å². The Hall–Kier alpha value is -2.77. The molecule has 0 aliphatic rings. The first-order valence-electron chi connectivity index (χ1n) is 5.81. The van der Waals surface area contributed by atoms with Crippen molar-refractivity contribution in [2.45, 2.75) is 0 Å². The van der Waals surface area contributed by atoms with Crippen LogP contribution in [0.2, 0.25) is 0 Å². The summed E-state index contributed by atoms with van der Waals surface area (Å²) in [4.78, 5) is 6.69. The summed E-state index contributed by atoms with van der Waals surface area (Å²) < 4.78 is 53.3. The molecular formula is C13H8F4N4. The lowest BCUT2D eigenvalue weighted by Crippen LogP contribution is -2.03. The minimum atomic E-state index is -1.53. The number of aromatic amines is 1. The van der Waals surface area contributed by atoms with Crippen LogP contribution in [-0.4, -0.2) is 9.97 Å². The second kappa shape index (κ2) is 4.65. The Bertz CT molecular complexity index is 818. The lowest BCUT2D eigenvalue weighted by Gasteiger charge is -2.07. The molecule has 0 radical (unpaired) electrons. The zero-order chi connectivity index (χ0) is 15.1. The Kier molecular flexibility index (Phi) is 2.93. The molecule has 1 aromatic heterocycles. The van der Waals surface area contributed by atoms with E-state index in [9.17, 15) is 17.6 Å². The number of rotatable bonds is 2. The standard InChI is InChI=1S/C13H8F4N4/c14-6-4-7(15)11(17)12(10(6)16)21-13-19-8-2-1-5(18)3-9(8)20-13/h1-4H,18H2,(H2,19,20,21). The first-order chi connectivity index (χ1) is 9.95. The van der Waals surface area contributed by atoms with Crippen molar-refractivity contribution in [1.29, 1.82) is 0 Å². The van der Waals surface area contributed by atoms with Crippen LogP contribution >= 0.6 is 0 Å². The van der Waals surface area contributed by atoms with Gasteiger partial charge in [-0.1, -0.05) is 0 Å². The van der Waals surface area contributed by atoms with E-state index in [1.165, 1.54) is 0 Å². The molecule has 0 amide bonds. The highest BCUT2D eigenvalue weighted by atomic mass is 19.2. The fraction of sp³-hybridized carbons (Fsp3) is 0. The first-order valence-corrected chi connectivity index (χ1v) is 5.81. The molecule has 0 bridgehead atoms. The normalized spacial score (nSPS) is 11.0. The van der Waals surface area contributed by atoms with E-state index in [1.54, 1.807) is 18.2 Å². The van der Waals surface area contributed by atoms with Crippen LogP contribution in [0.5, 0.6) is 0 Å². The van der Waals surface area contributed by atoms with Crippen LogP contribution in [0.15, 0.2) is 24.3 Å². The van der Waals surface area contributed by atoms with Crippen LogP contribution in [-0.2, 0) is 0 Å². The maximum atomic E-state index is 13.5. The molecule has 0 unspecified atom stereocenters. The number of aromatic nitrogens is 2. The minimum absolute atomic E-state index is 0.0709. The summed E-state index contributed by atoms with van der Waals surface area (Å²) in [5.74, 6) is -6.14. The SMILES string of the molecule is Nc1ccc2nc(Nc3c(F)c(F)cc(F)c3F)[nH]c2c1. The van der Waals surface area contributed by atoms with Crippen molar-refractivity contribution in [3.63, 3.8) is 0 Å². The molecule has 108 valence electrons. The molecular weight excluding hydrogens is 288 g/mol.